The number of rotatable bonds is 4. The van der Waals surface area contributed by atoms with E-state index in [2.05, 4.69) is 10.1 Å². The Hall–Kier alpha value is -2.63. The van der Waals surface area contributed by atoms with Crippen molar-refractivity contribution in [1.82, 2.24) is 9.55 Å². The predicted molar refractivity (Wildman–Crippen MR) is 75.9 cm³/mol. The van der Waals surface area contributed by atoms with Crippen molar-refractivity contribution in [3.05, 3.63) is 63.8 Å². The maximum Gasteiger partial charge on any atom is 0.261 e. The van der Waals surface area contributed by atoms with Gasteiger partial charge in [0, 0.05) is 30.6 Å². The molecule has 0 saturated heterocycles. The zero-order chi connectivity index (χ0) is 14.5. The highest BCUT2D eigenvalue weighted by molar-refractivity contribution is 5.96. The van der Waals surface area contributed by atoms with Crippen molar-refractivity contribution in [2.24, 2.45) is 10.9 Å². The molecule has 0 aromatic carbocycles. The number of nitrogens with two attached hydrogens (primary N) is 1. The number of aromatic nitrogens is 2. The van der Waals surface area contributed by atoms with Gasteiger partial charge < -0.3 is 15.5 Å². The molecule has 0 amide bonds. The van der Waals surface area contributed by atoms with Gasteiger partial charge in [-0.2, -0.15) is 0 Å². The van der Waals surface area contributed by atoms with Crippen LogP contribution in [-0.4, -0.2) is 20.6 Å². The summed E-state index contributed by atoms with van der Waals surface area (Å²) in [5.41, 5.74) is 7.15. The second-order valence-corrected chi connectivity index (χ2v) is 4.40. The molecule has 0 radical (unpaired) electrons. The monoisotopic (exact) mass is 272 g/mol. The summed E-state index contributed by atoms with van der Waals surface area (Å²) in [6, 6.07) is 9.00. The molecule has 0 aliphatic heterocycles. The van der Waals surface area contributed by atoms with Crippen LogP contribution in [0.4, 0.5) is 0 Å². The van der Waals surface area contributed by atoms with Gasteiger partial charge in [0.05, 0.1) is 5.56 Å². The van der Waals surface area contributed by atoms with Gasteiger partial charge in [-0.05, 0) is 31.2 Å². The molecule has 6 nitrogen and oxygen atoms in total. The number of amidine groups is 1. The van der Waals surface area contributed by atoms with Gasteiger partial charge in [0.2, 0.25) is 0 Å². The van der Waals surface area contributed by atoms with Crippen molar-refractivity contribution in [3.8, 4) is 0 Å². The van der Waals surface area contributed by atoms with Crippen molar-refractivity contribution >= 4 is 5.84 Å². The summed E-state index contributed by atoms with van der Waals surface area (Å²) in [5.74, 6) is -0.179. The van der Waals surface area contributed by atoms with Crippen molar-refractivity contribution in [2.75, 3.05) is 0 Å². The van der Waals surface area contributed by atoms with E-state index in [-0.39, 0.29) is 17.0 Å². The Balaban J connectivity index is 2.30. The number of pyridine rings is 2. The van der Waals surface area contributed by atoms with E-state index in [0.29, 0.717) is 13.0 Å². The molecule has 0 fully saturated rings. The van der Waals surface area contributed by atoms with Crippen LogP contribution in [0.2, 0.25) is 0 Å². The number of aryl methyl sites for hydroxylation is 2. The zero-order valence-corrected chi connectivity index (χ0v) is 11.2. The van der Waals surface area contributed by atoms with Gasteiger partial charge in [0.25, 0.3) is 5.56 Å². The minimum Gasteiger partial charge on any atom is -0.409 e. The molecule has 6 heteroatoms. The van der Waals surface area contributed by atoms with Crippen LogP contribution >= 0.6 is 0 Å². The van der Waals surface area contributed by atoms with Crippen LogP contribution in [0.25, 0.3) is 0 Å². The summed E-state index contributed by atoms with van der Waals surface area (Å²) >= 11 is 0. The lowest BCUT2D eigenvalue weighted by atomic mass is 10.2. The molecule has 2 rings (SSSR count). The first-order valence-electron chi connectivity index (χ1n) is 6.21. The van der Waals surface area contributed by atoms with Crippen LogP contribution < -0.4 is 11.3 Å². The van der Waals surface area contributed by atoms with E-state index in [4.69, 9.17) is 10.9 Å². The standard InChI is InChI=1S/C14H16N4O2/c1-10-5-6-12(13(15)17-20)14(19)18(10)9-7-11-4-2-3-8-16-11/h2-6,8,20H,7,9H2,1H3,(H2,15,17). The van der Waals surface area contributed by atoms with Gasteiger partial charge in [-0.25, -0.2) is 0 Å². The molecule has 0 unspecified atom stereocenters. The lowest BCUT2D eigenvalue weighted by Gasteiger charge is -2.11. The summed E-state index contributed by atoms with van der Waals surface area (Å²) in [4.78, 5) is 16.5. The van der Waals surface area contributed by atoms with E-state index in [1.54, 1.807) is 22.9 Å². The Bertz CT molecular complexity index is 677. The SMILES string of the molecule is Cc1ccc(/C(N)=N/O)c(=O)n1CCc1ccccn1. The van der Waals surface area contributed by atoms with Crippen molar-refractivity contribution in [2.45, 2.75) is 19.9 Å². The average molecular weight is 272 g/mol. The first kappa shape index (κ1) is 13.8. The predicted octanol–water partition coefficient (Wildman–Crippen LogP) is 0.889. The third kappa shape index (κ3) is 2.85. The molecule has 104 valence electrons. The van der Waals surface area contributed by atoms with Crippen LogP contribution in [-0.2, 0) is 13.0 Å². The summed E-state index contributed by atoms with van der Waals surface area (Å²) in [6.45, 7) is 2.34. The molecular formula is C14H16N4O2. The van der Waals surface area contributed by atoms with Gasteiger partial charge in [-0.3, -0.25) is 9.78 Å². The molecule has 0 aliphatic carbocycles. The highest BCUT2D eigenvalue weighted by Crippen LogP contribution is 2.02. The van der Waals surface area contributed by atoms with Crippen LogP contribution in [0.3, 0.4) is 0 Å². The molecule has 0 aliphatic rings. The van der Waals surface area contributed by atoms with Crippen LogP contribution in [0.5, 0.6) is 0 Å². The molecule has 0 saturated carbocycles. The molecule has 2 aromatic heterocycles. The first-order chi connectivity index (χ1) is 9.63. The fraction of sp³-hybridized carbons (Fsp3) is 0.214. The number of hydrogen-bond acceptors (Lipinski definition) is 4. The molecule has 0 atom stereocenters. The van der Waals surface area contributed by atoms with E-state index in [1.807, 2.05) is 25.1 Å². The molecule has 3 N–H and O–H groups in total. The molecular weight excluding hydrogens is 256 g/mol. The van der Waals surface area contributed by atoms with Gasteiger partial charge in [0.1, 0.15) is 0 Å². The van der Waals surface area contributed by atoms with E-state index >= 15 is 0 Å². The second kappa shape index (κ2) is 6.01. The topological polar surface area (TPSA) is 93.5 Å². The molecule has 2 heterocycles. The maximum atomic E-state index is 12.3. The molecule has 0 spiro atoms. The Labute approximate surface area is 116 Å². The van der Waals surface area contributed by atoms with E-state index in [9.17, 15) is 4.79 Å². The number of hydrogen-bond donors (Lipinski definition) is 2. The summed E-state index contributed by atoms with van der Waals surface area (Å²) in [5, 5.41) is 11.6. The lowest BCUT2D eigenvalue weighted by Crippen LogP contribution is -2.31. The zero-order valence-electron chi connectivity index (χ0n) is 11.2. The summed E-state index contributed by atoms with van der Waals surface area (Å²) < 4.78 is 1.60. The van der Waals surface area contributed by atoms with Gasteiger partial charge in [-0.15, -0.1) is 0 Å². The molecule has 0 bridgehead atoms. The maximum absolute atomic E-state index is 12.3. The highest BCUT2D eigenvalue weighted by atomic mass is 16.4. The van der Waals surface area contributed by atoms with E-state index in [1.165, 1.54) is 0 Å². The van der Waals surface area contributed by atoms with Gasteiger partial charge >= 0.3 is 0 Å². The fourth-order valence-corrected chi connectivity index (χ4v) is 1.97. The Morgan fingerprint density at radius 3 is 2.85 bits per heavy atom. The van der Waals surface area contributed by atoms with Crippen molar-refractivity contribution < 1.29 is 5.21 Å². The minimum absolute atomic E-state index is 0.179. The fourth-order valence-electron chi connectivity index (χ4n) is 1.97. The third-order valence-corrected chi connectivity index (χ3v) is 3.09. The van der Waals surface area contributed by atoms with Crippen LogP contribution in [0.15, 0.2) is 46.5 Å². The van der Waals surface area contributed by atoms with E-state index in [0.717, 1.165) is 11.4 Å². The van der Waals surface area contributed by atoms with Crippen LogP contribution in [0.1, 0.15) is 17.0 Å². The summed E-state index contributed by atoms with van der Waals surface area (Å²) in [6.07, 6.45) is 2.36. The van der Waals surface area contributed by atoms with Gasteiger partial charge in [0.15, 0.2) is 5.84 Å². The lowest BCUT2D eigenvalue weighted by molar-refractivity contribution is 0.318. The summed E-state index contributed by atoms with van der Waals surface area (Å²) in [7, 11) is 0. The molecule has 20 heavy (non-hydrogen) atoms. The number of oxime groups is 1. The smallest absolute Gasteiger partial charge is 0.261 e. The Kier molecular flexibility index (Phi) is 4.14. The Morgan fingerprint density at radius 1 is 1.40 bits per heavy atom. The largest absolute Gasteiger partial charge is 0.409 e. The second-order valence-electron chi connectivity index (χ2n) is 4.40. The first-order valence-corrected chi connectivity index (χ1v) is 6.21. The molecule has 2 aromatic rings. The minimum atomic E-state index is -0.267. The average Bonchev–Trinajstić information content (AvgIpc) is 2.47. The van der Waals surface area contributed by atoms with Crippen LogP contribution in [0, 0.1) is 6.92 Å². The van der Waals surface area contributed by atoms with E-state index < -0.39 is 0 Å². The van der Waals surface area contributed by atoms with Crippen molar-refractivity contribution in [3.63, 3.8) is 0 Å². The normalized spacial score (nSPS) is 11.6. The third-order valence-electron chi connectivity index (χ3n) is 3.09. The van der Waals surface area contributed by atoms with Crippen molar-refractivity contribution in [1.29, 1.82) is 0 Å². The Morgan fingerprint density at radius 2 is 2.20 bits per heavy atom. The van der Waals surface area contributed by atoms with Gasteiger partial charge in [-0.1, -0.05) is 11.2 Å². The highest BCUT2D eigenvalue weighted by Gasteiger charge is 2.10. The number of nitrogens with zero attached hydrogens (tertiary/aromatic N) is 3. The quantitative estimate of drug-likeness (QED) is 0.374.